The van der Waals surface area contributed by atoms with E-state index < -0.39 is 80.7 Å². The number of hydrogen-bond acceptors (Lipinski definition) is 13. The molecule has 80 heavy (non-hydrogen) atoms. The molecule has 5 bridgehead atoms. The number of hydrogen-bond donors (Lipinski definition) is 4. The Balaban J connectivity index is 0.850. The maximum Gasteiger partial charge on any atom is 0.339 e. The van der Waals surface area contributed by atoms with Gasteiger partial charge in [-0.3, -0.25) is 14.9 Å². The van der Waals surface area contributed by atoms with Crippen LogP contribution in [0.4, 0.5) is 0 Å². The van der Waals surface area contributed by atoms with Crippen LogP contribution in [0.25, 0.3) is 0 Å². The van der Waals surface area contributed by atoms with E-state index >= 15 is 14.4 Å². The molecule has 8 heterocycles. The number of nitrogens with zero attached hydrogens (tertiary/aromatic N) is 1. The maximum atomic E-state index is 17.2. The molecule has 8 aliphatic carbocycles. The topological polar surface area (TPSA) is 181 Å². The standard InChI is InChI=1S/C67H84N2O11/c1-61-31-41-32-62-22-9-16-43(62)29-45-19-23-64(42-13-6-3-7-14-42)54-52(72)56(73)65(44-15-8-12-38(27-44)26-37-10-4-2-5-11-37,53(41)63(54)35-77-59(74)55(62)66(45,63)80-64)67(61)58(79-67)60(75)78-57(61)47-21-25-76-51(47)30-48(50(71)34-70)39-17-18-46-40(28-39)20-24-69-36-68-33-49(46)69/h2,4-5,10-11,19-21,24-25,38-44,46,48-50,53-58,68,70-71,73H,3,6-9,12-18,22-23,26-36H2,1H3/t38-,39-,40-,41+,43+,44+,46+,48+,49+,50-,53-,54+,55+,56-,57+,58-,61+,62+,63-,64-,65+,66+,67-/m1/s1. The Morgan fingerprint density at radius 1 is 0.875 bits per heavy atom. The summed E-state index contributed by atoms with van der Waals surface area (Å²) in [6.45, 7) is 3.82. The highest BCUT2D eigenvalue weighted by atomic mass is 16.7. The average Bonchev–Trinajstić information content (AvgIpc) is 2.41. The molecule has 4 spiro atoms. The first kappa shape index (κ1) is 50.6. The Labute approximate surface area is 470 Å². The fourth-order valence-corrected chi connectivity index (χ4v) is 25.1. The highest BCUT2D eigenvalue weighted by Crippen LogP contribution is 2.90. The number of ether oxygens (including phenoxy) is 4. The second-order valence-electron chi connectivity index (χ2n) is 29.7. The quantitative estimate of drug-likeness (QED) is 0.101. The SMILES string of the molecule is C[C@@]12C[C@H]3C[C@@]45CCC[C@H]4CC4=CC[C@]6(C7CCCCC7)O[C@]47[C@H]5C(=O)OC[C@]74[C@@H]3[C@@]([C@H]3CCC[C@H](Cc5ccccc5)C3)([C@H](O)C(=O)[C@@H]46)[C@]13O[C@@H]3C(=O)O[C@H]2c1ccoc1C[C@@H]([C@@H]1CC[C@H]2[C@H](C=CN3CNC[C@@H]23)C1)[C@H](O)CO. The van der Waals surface area contributed by atoms with Crippen molar-refractivity contribution in [1.82, 2.24) is 10.2 Å². The first-order valence-corrected chi connectivity index (χ1v) is 32.1. The third-order valence-electron chi connectivity index (χ3n) is 27.3. The van der Waals surface area contributed by atoms with Crippen molar-refractivity contribution in [2.24, 2.45) is 92.7 Å². The van der Waals surface area contributed by atoms with Gasteiger partial charge in [-0.05, 0) is 178 Å². The number of aliphatic hydroxyl groups is 3. The minimum atomic E-state index is -1.47. The summed E-state index contributed by atoms with van der Waals surface area (Å²) < 4.78 is 36.5. The summed E-state index contributed by atoms with van der Waals surface area (Å²) in [5, 5.41) is 40.9. The van der Waals surface area contributed by atoms with Gasteiger partial charge in [-0.1, -0.05) is 87.9 Å². The molecule has 0 radical (unpaired) electrons. The van der Waals surface area contributed by atoms with Crippen LogP contribution < -0.4 is 5.32 Å². The van der Waals surface area contributed by atoms with Crippen molar-refractivity contribution in [1.29, 1.82) is 0 Å². The highest BCUT2D eigenvalue weighted by molar-refractivity contribution is 5.94. The number of benzene rings is 1. The number of Topliss-reactive ketones (excluding diaryl/α,β-unsaturated/α-hetero) is 1. The highest BCUT2D eigenvalue weighted by Gasteiger charge is 2.98. The maximum absolute atomic E-state index is 17.2. The van der Waals surface area contributed by atoms with Gasteiger partial charge in [-0.15, -0.1) is 0 Å². The Kier molecular flexibility index (Phi) is 11.0. The first-order chi connectivity index (χ1) is 38.9. The number of esters is 2. The Morgan fingerprint density at radius 3 is 2.56 bits per heavy atom. The summed E-state index contributed by atoms with van der Waals surface area (Å²) in [4.78, 5) is 50.8. The van der Waals surface area contributed by atoms with E-state index in [1.807, 2.05) is 6.07 Å². The number of epoxide rings is 1. The number of carbonyl (C=O) groups is 3. The second-order valence-corrected chi connectivity index (χ2v) is 29.7. The first-order valence-electron chi connectivity index (χ1n) is 32.1. The minimum Gasteiger partial charge on any atom is -0.469 e. The molecule has 428 valence electrons. The molecule has 1 aromatic carbocycles. The van der Waals surface area contributed by atoms with Crippen LogP contribution in [0.5, 0.6) is 0 Å². The molecule has 0 unspecified atom stereocenters. The van der Waals surface area contributed by atoms with E-state index in [2.05, 4.69) is 65.8 Å². The molecule has 2 aromatic rings. The number of cyclic esters (lactones) is 2. The van der Waals surface area contributed by atoms with E-state index in [0.29, 0.717) is 42.9 Å². The second kappa shape index (κ2) is 17.4. The van der Waals surface area contributed by atoms with Gasteiger partial charge in [-0.2, -0.15) is 0 Å². The van der Waals surface area contributed by atoms with Gasteiger partial charge >= 0.3 is 11.9 Å². The summed E-state index contributed by atoms with van der Waals surface area (Å²) in [5.74, 6) is -0.822. The van der Waals surface area contributed by atoms with Crippen LogP contribution in [-0.2, 0) is 46.2 Å². The van der Waals surface area contributed by atoms with Gasteiger partial charge in [0, 0.05) is 35.4 Å². The summed E-state index contributed by atoms with van der Waals surface area (Å²) in [6.07, 6.45) is 22.9. The number of allylic oxidation sites excluding steroid dienone is 1. The number of furan rings is 1. The van der Waals surface area contributed by atoms with Gasteiger partial charge in [0.15, 0.2) is 11.9 Å². The molecule has 4 N–H and O–H groups in total. The van der Waals surface area contributed by atoms with E-state index in [9.17, 15) is 15.3 Å². The third-order valence-corrected chi connectivity index (χ3v) is 27.3. The summed E-state index contributed by atoms with van der Waals surface area (Å²) in [6, 6.07) is 13.2. The number of aliphatic hydroxyl groups excluding tert-OH is 3. The zero-order valence-corrected chi connectivity index (χ0v) is 46.8. The summed E-state index contributed by atoms with van der Waals surface area (Å²) >= 11 is 0. The van der Waals surface area contributed by atoms with Crippen LogP contribution in [0, 0.1) is 92.7 Å². The lowest BCUT2D eigenvalue weighted by molar-refractivity contribution is -0.300. The van der Waals surface area contributed by atoms with Crippen molar-refractivity contribution < 1.29 is 53.1 Å². The van der Waals surface area contributed by atoms with Gasteiger partial charge < -0.3 is 43.6 Å². The molecule has 15 aliphatic rings. The molecule has 8 saturated carbocycles. The normalized spacial score (nSPS) is 50.6. The number of fused-ring (bicyclic) bond motifs is 5. The fraction of sp³-hybridized carbons (Fsp3) is 0.746. The van der Waals surface area contributed by atoms with Gasteiger partial charge in [0.2, 0.25) is 0 Å². The van der Waals surface area contributed by atoms with E-state index in [-0.39, 0.29) is 72.3 Å². The zero-order chi connectivity index (χ0) is 53.9. The van der Waals surface area contributed by atoms with Crippen molar-refractivity contribution in [2.45, 2.75) is 189 Å². The molecule has 7 aliphatic heterocycles. The predicted octanol–water partition coefficient (Wildman–Crippen LogP) is 8.73. The van der Waals surface area contributed by atoms with Crippen LogP contribution in [-0.4, -0.2) is 106 Å². The smallest absolute Gasteiger partial charge is 0.339 e. The number of rotatable bonds is 10. The third kappa shape index (κ3) is 6.00. The van der Waals surface area contributed by atoms with Crippen molar-refractivity contribution in [3.63, 3.8) is 0 Å². The van der Waals surface area contributed by atoms with Crippen LogP contribution >= 0.6 is 0 Å². The van der Waals surface area contributed by atoms with Crippen LogP contribution in [0.3, 0.4) is 0 Å². The van der Waals surface area contributed by atoms with Gasteiger partial charge in [0.1, 0.15) is 35.8 Å². The Hall–Kier alpha value is -3.85. The largest absolute Gasteiger partial charge is 0.469 e. The van der Waals surface area contributed by atoms with E-state index in [1.54, 1.807) is 6.26 Å². The lowest BCUT2D eigenvalue weighted by Gasteiger charge is -2.73. The summed E-state index contributed by atoms with van der Waals surface area (Å²) in [7, 11) is 0. The van der Waals surface area contributed by atoms with Crippen LogP contribution in [0.1, 0.15) is 152 Å². The molecular weight excluding hydrogens is 1010 g/mol. The van der Waals surface area contributed by atoms with E-state index in [4.69, 9.17) is 23.4 Å². The molecule has 17 rings (SSSR count). The molecule has 13 heteroatoms. The number of nitrogens with one attached hydrogen (secondary N) is 1. The molecule has 13 nitrogen and oxygen atoms in total. The van der Waals surface area contributed by atoms with Gasteiger partial charge in [0.05, 0.1) is 48.5 Å². The molecule has 23 atom stereocenters. The van der Waals surface area contributed by atoms with Crippen molar-refractivity contribution >= 4 is 17.7 Å². The lowest BCUT2D eigenvalue weighted by Crippen LogP contribution is -2.82. The lowest BCUT2D eigenvalue weighted by atomic mass is 9.29. The van der Waals surface area contributed by atoms with Crippen molar-refractivity contribution in [2.75, 3.05) is 26.4 Å². The van der Waals surface area contributed by atoms with Crippen LogP contribution in [0.15, 0.2) is 71.0 Å². The average molecular weight is 1090 g/mol. The van der Waals surface area contributed by atoms with E-state index in [0.717, 1.165) is 134 Å². The van der Waals surface area contributed by atoms with Gasteiger partial charge in [-0.25, -0.2) is 4.79 Å². The minimum absolute atomic E-state index is 0.0707. The molecule has 5 saturated heterocycles. The Morgan fingerprint density at radius 2 is 1.71 bits per heavy atom. The van der Waals surface area contributed by atoms with Gasteiger partial charge in [0.25, 0.3) is 0 Å². The van der Waals surface area contributed by atoms with Crippen molar-refractivity contribution in [3.05, 3.63) is 83.5 Å². The number of carbonyl (C=O) groups excluding carboxylic acids is 3. The molecule has 13 fully saturated rings. The predicted molar refractivity (Wildman–Crippen MR) is 291 cm³/mol. The monoisotopic (exact) mass is 1090 g/mol. The number of ketones is 1. The molecule has 0 amide bonds. The summed E-state index contributed by atoms with van der Waals surface area (Å²) in [5.41, 5.74) is -3.77. The zero-order valence-electron chi connectivity index (χ0n) is 46.8. The molecule has 1 aromatic heterocycles. The molecular formula is C67H84N2O11. The van der Waals surface area contributed by atoms with E-state index in [1.165, 1.54) is 11.1 Å². The van der Waals surface area contributed by atoms with Crippen molar-refractivity contribution in [3.8, 4) is 0 Å². The van der Waals surface area contributed by atoms with Crippen LogP contribution in [0.2, 0.25) is 0 Å². The fourth-order valence-electron chi connectivity index (χ4n) is 25.1. The Bertz CT molecular complexity index is 2950.